The maximum absolute atomic E-state index is 12.7. The first-order chi connectivity index (χ1) is 12.9. The molecule has 2 aromatic carbocycles. The van der Waals surface area contributed by atoms with E-state index in [1.54, 1.807) is 12.1 Å². The minimum absolute atomic E-state index is 0.233. The summed E-state index contributed by atoms with van der Waals surface area (Å²) in [5, 5.41) is 4.71. The number of aryl methyl sites for hydroxylation is 1. The fourth-order valence-electron chi connectivity index (χ4n) is 3.61. The average molecular weight is 371 g/mol. The molecule has 0 radical (unpaired) electrons. The van der Waals surface area contributed by atoms with Crippen LogP contribution in [-0.2, 0) is 6.18 Å². The predicted octanol–water partition coefficient (Wildman–Crippen LogP) is 5.25. The summed E-state index contributed by atoms with van der Waals surface area (Å²) in [4.78, 5) is 6.59. The highest BCUT2D eigenvalue weighted by Gasteiger charge is 2.30. The van der Waals surface area contributed by atoms with Gasteiger partial charge in [0.1, 0.15) is 0 Å². The third-order valence-corrected chi connectivity index (χ3v) is 5.06. The van der Waals surface area contributed by atoms with Crippen molar-refractivity contribution in [1.29, 1.82) is 0 Å². The van der Waals surface area contributed by atoms with Crippen LogP contribution in [0.5, 0.6) is 0 Å². The number of pyridine rings is 1. The molecule has 1 saturated heterocycles. The van der Waals surface area contributed by atoms with Gasteiger partial charge in [0, 0.05) is 42.1 Å². The molecule has 27 heavy (non-hydrogen) atoms. The minimum atomic E-state index is -4.30. The molecule has 1 aliphatic rings. The number of halogens is 3. The maximum atomic E-state index is 12.7. The van der Waals surface area contributed by atoms with Crippen LogP contribution < -0.4 is 10.2 Å². The first-order valence-electron chi connectivity index (χ1n) is 8.95. The molecule has 1 fully saturated rings. The van der Waals surface area contributed by atoms with Crippen LogP contribution in [0, 0.1) is 6.92 Å². The molecule has 0 spiro atoms. The van der Waals surface area contributed by atoms with Crippen molar-refractivity contribution >= 4 is 22.3 Å². The molecular formula is C21H20F3N3. The minimum Gasteiger partial charge on any atom is -0.380 e. The second-order valence-corrected chi connectivity index (χ2v) is 6.95. The molecule has 0 bridgehead atoms. The van der Waals surface area contributed by atoms with Crippen molar-refractivity contribution in [3.05, 3.63) is 65.9 Å². The van der Waals surface area contributed by atoms with Crippen LogP contribution in [0.2, 0.25) is 0 Å². The summed E-state index contributed by atoms with van der Waals surface area (Å²) in [5.74, 6) is 0. The fourth-order valence-corrected chi connectivity index (χ4v) is 3.61. The Morgan fingerprint density at radius 1 is 1.07 bits per heavy atom. The molecule has 2 heterocycles. The molecule has 1 aliphatic heterocycles. The van der Waals surface area contributed by atoms with Gasteiger partial charge in [-0.15, -0.1) is 0 Å². The summed E-state index contributed by atoms with van der Waals surface area (Å²) in [6.07, 6.45) is -1.50. The van der Waals surface area contributed by atoms with E-state index in [0.29, 0.717) is 0 Å². The van der Waals surface area contributed by atoms with Crippen molar-refractivity contribution in [2.75, 3.05) is 23.3 Å². The lowest BCUT2D eigenvalue weighted by atomic mass is 10.1. The van der Waals surface area contributed by atoms with Crippen LogP contribution >= 0.6 is 0 Å². The Balaban J connectivity index is 1.50. The number of hydrogen-bond donors (Lipinski definition) is 1. The SMILES string of the molecule is Cc1cnc2ccccc2c1NC1CCN(c2ccc(C(F)(F)F)cc2)C1. The van der Waals surface area contributed by atoms with E-state index in [0.717, 1.165) is 59.5 Å². The second-order valence-electron chi connectivity index (χ2n) is 6.95. The number of alkyl halides is 3. The molecule has 6 heteroatoms. The zero-order valence-electron chi connectivity index (χ0n) is 14.9. The lowest BCUT2D eigenvalue weighted by Crippen LogP contribution is -2.26. The summed E-state index contributed by atoms with van der Waals surface area (Å²) in [5.41, 5.74) is 3.33. The zero-order valence-corrected chi connectivity index (χ0v) is 14.9. The predicted molar refractivity (Wildman–Crippen MR) is 102 cm³/mol. The Bertz CT molecular complexity index is 951. The Morgan fingerprint density at radius 3 is 2.56 bits per heavy atom. The molecule has 140 valence electrons. The number of aromatic nitrogens is 1. The summed E-state index contributed by atoms with van der Waals surface area (Å²) >= 11 is 0. The molecule has 3 nitrogen and oxygen atoms in total. The number of anilines is 2. The number of fused-ring (bicyclic) bond motifs is 1. The highest BCUT2D eigenvalue weighted by atomic mass is 19.4. The van der Waals surface area contributed by atoms with Gasteiger partial charge in [0.15, 0.2) is 0 Å². The van der Waals surface area contributed by atoms with Crippen molar-refractivity contribution in [2.45, 2.75) is 25.6 Å². The monoisotopic (exact) mass is 371 g/mol. The van der Waals surface area contributed by atoms with E-state index in [1.807, 2.05) is 31.3 Å². The Kier molecular flexibility index (Phi) is 4.42. The van der Waals surface area contributed by atoms with Gasteiger partial charge in [-0.25, -0.2) is 0 Å². The van der Waals surface area contributed by atoms with E-state index in [9.17, 15) is 13.2 Å². The van der Waals surface area contributed by atoms with Crippen LogP contribution in [0.25, 0.3) is 10.9 Å². The number of nitrogens with one attached hydrogen (secondary N) is 1. The topological polar surface area (TPSA) is 28.2 Å². The first-order valence-corrected chi connectivity index (χ1v) is 8.95. The lowest BCUT2D eigenvalue weighted by Gasteiger charge is -2.21. The van der Waals surface area contributed by atoms with Gasteiger partial charge in [-0.3, -0.25) is 4.98 Å². The smallest absolute Gasteiger partial charge is 0.380 e. The van der Waals surface area contributed by atoms with Gasteiger partial charge in [-0.1, -0.05) is 18.2 Å². The van der Waals surface area contributed by atoms with Crippen molar-refractivity contribution in [1.82, 2.24) is 4.98 Å². The Labute approximate surface area is 155 Å². The fraction of sp³-hybridized carbons (Fsp3) is 0.286. The van der Waals surface area contributed by atoms with E-state index in [1.165, 1.54) is 0 Å². The van der Waals surface area contributed by atoms with Gasteiger partial charge in [0.05, 0.1) is 11.1 Å². The Morgan fingerprint density at radius 2 is 1.81 bits per heavy atom. The van der Waals surface area contributed by atoms with E-state index in [-0.39, 0.29) is 6.04 Å². The summed E-state index contributed by atoms with van der Waals surface area (Å²) < 4.78 is 38.2. The molecule has 0 saturated carbocycles. The van der Waals surface area contributed by atoms with Gasteiger partial charge in [0.2, 0.25) is 0 Å². The van der Waals surface area contributed by atoms with E-state index in [4.69, 9.17) is 0 Å². The molecule has 1 aromatic heterocycles. The quantitative estimate of drug-likeness (QED) is 0.681. The standard InChI is InChI=1S/C21H20F3N3/c1-14-12-25-19-5-3-2-4-18(19)20(14)26-16-10-11-27(13-16)17-8-6-15(7-9-17)21(22,23)24/h2-9,12,16H,10-11,13H2,1H3,(H,25,26). The highest BCUT2D eigenvalue weighted by molar-refractivity contribution is 5.92. The molecule has 0 aliphatic carbocycles. The molecule has 1 N–H and O–H groups in total. The van der Waals surface area contributed by atoms with Gasteiger partial charge < -0.3 is 10.2 Å². The van der Waals surface area contributed by atoms with Gasteiger partial charge in [0.25, 0.3) is 0 Å². The molecule has 3 aromatic rings. The number of para-hydroxylation sites is 1. The van der Waals surface area contributed by atoms with Crippen LogP contribution in [0.15, 0.2) is 54.7 Å². The molecule has 1 unspecified atom stereocenters. The van der Waals surface area contributed by atoms with E-state index >= 15 is 0 Å². The number of rotatable bonds is 3. The number of benzene rings is 2. The summed E-state index contributed by atoms with van der Waals surface area (Å²) in [7, 11) is 0. The van der Waals surface area contributed by atoms with Crippen LogP contribution in [0.3, 0.4) is 0 Å². The number of nitrogens with zero attached hydrogens (tertiary/aromatic N) is 2. The Hall–Kier alpha value is -2.76. The van der Waals surface area contributed by atoms with Gasteiger partial charge >= 0.3 is 6.18 Å². The number of hydrogen-bond acceptors (Lipinski definition) is 3. The van der Waals surface area contributed by atoms with Crippen molar-refractivity contribution < 1.29 is 13.2 Å². The molecular weight excluding hydrogens is 351 g/mol. The van der Waals surface area contributed by atoms with Gasteiger partial charge in [-0.2, -0.15) is 13.2 Å². The summed E-state index contributed by atoms with van der Waals surface area (Å²) in [6.45, 7) is 3.59. The van der Waals surface area contributed by atoms with Crippen molar-refractivity contribution in [3.63, 3.8) is 0 Å². The lowest BCUT2D eigenvalue weighted by molar-refractivity contribution is -0.137. The van der Waals surface area contributed by atoms with Crippen LogP contribution in [0.4, 0.5) is 24.5 Å². The molecule has 0 amide bonds. The van der Waals surface area contributed by atoms with Crippen LogP contribution in [0.1, 0.15) is 17.5 Å². The molecule has 4 rings (SSSR count). The summed E-state index contributed by atoms with van der Waals surface area (Å²) in [6, 6.07) is 13.7. The van der Waals surface area contributed by atoms with Crippen molar-refractivity contribution in [3.8, 4) is 0 Å². The maximum Gasteiger partial charge on any atom is 0.416 e. The highest BCUT2D eigenvalue weighted by Crippen LogP contribution is 2.32. The van der Waals surface area contributed by atoms with Crippen molar-refractivity contribution in [2.24, 2.45) is 0 Å². The van der Waals surface area contributed by atoms with E-state index in [2.05, 4.69) is 21.3 Å². The third kappa shape index (κ3) is 3.56. The van der Waals surface area contributed by atoms with Gasteiger partial charge in [-0.05, 0) is 49.2 Å². The second kappa shape index (κ2) is 6.76. The zero-order chi connectivity index (χ0) is 19.0. The molecule has 1 atom stereocenters. The first kappa shape index (κ1) is 17.6. The van der Waals surface area contributed by atoms with E-state index < -0.39 is 11.7 Å². The normalized spacial score (nSPS) is 17.5. The third-order valence-electron chi connectivity index (χ3n) is 5.06. The van der Waals surface area contributed by atoms with Crippen LogP contribution in [-0.4, -0.2) is 24.1 Å². The largest absolute Gasteiger partial charge is 0.416 e. The average Bonchev–Trinajstić information content (AvgIpc) is 3.12.